The summed E-state index contributed by atoms with van der Waals surface area (Å²) in [6, 6.07) is 7.08. The second-order valence-electron chi connectivity index (χ2n) is 13.6. The van der Waals surface area contributed by atoms with Gasteiger partial charge in [0.2, 0.25) is 17.3 Å². The normalized spacial score (nSPS) is 47.6. The standard InChI is InChI=1S/C32H35FO10/c1-16-41-30(25(37)15-40-27(39)31(42-16)13-17-6-4-5-7-22(17)43-31)11-10-18-19-8-9-20-26(38)21(34)12-23(35)29(20,3)32(19,33)24(36)14-28(18,30)2/h4-7,16,18-20,24,36H,8-15H2,1-3H3/t16?,18-,19-,20?,24-,28-,29+,30-,31?,32?/m0/s1. The number of aliphatic hydroxyl groups excluding tert-OH is 1. The smallest absolute Gasteiger partial charge is 0.380 e. The summed E-state index contributed by atoms with van der Waals surface area (Å²) < 4.78 is 41.7. The number of rotatable bonds is 0. The van der Waals surface area contributed by atoms with Crippen molar-refractivity contribution in [1.82, 2.24) is 0 Å². The van der Waals surface area contributed by atoms with Crippen LogP contribution in [0, 0.1) is 28.6 Å². The van der Waals surface area contributed by atoms with Crippen molar-refractivity contribution in [2.75, 3.05) is 6.61 Å². The second kappa shape index (κ2) is 9.01. The van der Waals surface area contributed by atoms with E-state index in [9.17, 15) is 29.1 Å². The molecule has 1 saturated heterocycles. The van der Waals surface area contributed by atoms with Crippen LogP contribution in [0.3, 0.4) is 0 Å². The van der Waals surface area contributed by atoms with Gasteiger partial charge in [0.25, 0.3) is 0 Å². The highest BCUT2D eigenvalue weighted by Gasteiger charge is 2.78. The molecule has 0 bridgehead atoms. The van der Waals surface area contributed by atoms with Crippen LogP contribution in [0.2, 0.25) is 0 Å². The molecule has 0 amide bonds. The van der Waals surface area contributed by atoms with Crippen LogP contribution in [0.5, 0.6) is 5.75 Å². The third-order valence-electron chi connectivity index (χ3n) is 11.9. The lowest BCUT2D eigenvalue weighted by Crippen LogP contribution is -2.74. The van der Waals surface area contributed by atoms with Crippen LogP contribution >= 0.6 is 0 Å². The molecule has 11 heteroatoms. The van der Waals surface area contributed by atoms with E-state index in [0.717, 1.165) is 5.56 Å². The SMILES string of the molecule is CC1OC2(Cc3ccccc3O2)C(=O)OCC(=O)[C@]2(CC[C@H]3[C@@H]4CCC5C(=O)C(=O)CC(=O)[C@]5(C)C4(F)[C@@H](O)C[C@@]32C)O1. The molecule has 1 aromatic carbocycles. The molecule has 230 valence electrons. The van der Waals surface area contributed by atoms with Gasteiger partial charge >= 0.3 is 11.8 Å². The van der Waals surface area contributed by atoms with Crippen molar-refractivity contribution >= 4 is 29.1 Å². The van der Waals surface area contributed by atoms with Gasteiger partial charge in [-0.25, -0.2) is 9.18 Å². The number of alkyl halides is 1. The lowest BCUT2D eigenvalue weighted by Gasteiger charge is -2.64. The predicted molar refractivity (Wildman–Crippen MR) is 143 cm³/mol. The van der Waals surface area contributed by atoms with E-state index in [0.29, 0.717) is 12.2 Å². The Balaban J connectivity index is 1.24. The molecule has 7 rings (SSSR count). The van der Waals surface area contributed by atoms with Crippen LogP contribution in [0.1, 0.15) is 64.9 Å². The molecule has 2 spiro atoms. The van der Waals surface area contributed by atoms with Crippen molar-refractivity contribution in [3.63, 3.8) is 0 Å². The highest BCUT2D eigenvalue weighted by molar-refractivity contribution is 6.44. The summed E-state index contributed by atoms with van der Waals surface area (Å²) in [5.41, 5.74) is -6.35. The van der Waals surface area contributed by atoms with Crippen LogP contribution in [0.25, 0.3) is 0 Å². The average molecular weight is 599 g/mol. The number of carbonyl (C=O) groups excluding carboxylic acids is 5. The first-order valence-electron chi connectivity index (χ1n) is 15.0. The molecule has 0 aromatic heterocycles. The molecule has 10 nitrogen and oxygen atoms in total. The molecule has 2 heterocycles. The maximum Gasteiger partial charge on any atom is 0.380 e. The number of halogens is 1. The quantitative estimate of drug-likeness (QED) is 0.269. The van der Waals surface area contributed by atoms with E-state index < -0.39 is 100 Å². The maximum absolute atomic E-state index is 17.6. The number of fused-ring (bicyclic) bond motifs is 7. The van der Waals surface area contributed by atoms with E-state index in [1.54, 1.807) is 32.0 Å². The fourth-order valence-corrected chi connectivity index (χ4v) is 9.86. The van der Waals surface area contributed by atoms with Crippen molar-refractivity contribution in [3.05, 3.63) is 29.8 Å². The van der Waals surface area contributed by atoms with Gasteiger partial charge in [-0.3, -0.25) is 19.2 Å². The van der Waals surface area contributed by atoms with Gasteiger partial charge in [-0.05, 0) is 57.9 Å². The second-order valence-corrected chi connectivity index (χ2v) is 13.6. The molecule has 1 N–H and O–H groups in total. The van der Waals surface area contributed by atoms with Gasteiger partial charge in [0.15, 0.2) is 24.3 Å². The lowest BCUT2D eigenvalue weighted by atomic mass is 9.41. The molecule has 6 aliphatic rings. The van der Waals surface area contributed by atoms with Gasteiger partial charge in [-0.15, -0.1) is 0 Å². The fraction of sp³-hybridized carbons (Fsp3) is 0.656. The molecule has 2 aliphatic heterocycles. The van der Waals surface area contributed by atoms with Crippen LogP contribution in [0.15, 0.2) is 24.3 Å². The van der Waals surface area contributed by atoms with Gasteiger partial charge in [-0.1, -0.05) is 25.1 Å². The summed E-state index contributed by atoms with van der Waals surface area (Å²) >= 11 is 0. The minimum absolute atomic E-state index is 0.0525. The van der Waals surface area contributed by atoms with Gasteiger partial charge in [0.1, 0.15) is 11.4 Å². The molecule has 4 saturated carbocycles. The zero-order valence-corrected chi connectivity index (χ0v) is 24.4. The third kappa shape index (κ3) is 3.41. The lowest BCUT2D eigenvalue weighted by molar-refractivity contribution is -0.303. The van der Waals surface area contributed by atoms with Gasteiger partial charge in [-0.2, -0.15) is 0 Å². The van der Waals surface area contributed by atoms with Crippen molar-refractivity contribution in [2.24, 2.45) is 28.6 Å². The average Bonchev–Trinajstić information content (AvgIpc) is 3.47. The predicted octanol–water partition coefficient (Wildman–Crippen LogP) is 2.59. The van der Waals surface area contributed by atoms with E-state index >= 15 is 4.39 Å². The van der Waals surface area contributed by atoms with Crippen LogP contribution < -0.4 is 4.74 Å². The monoisotopic (exact) mass is 598 g/mol. The molecular weight excluding hydrogens is 563 g/mol. The van der Waals surface area contributed by atoms with Gasteiger partial charge in [0.05, 0.1) is 24.4 Å². The molecule has 4 aliphatic carbocycles. The highest BCUT2D eigenvalue weighted by atomic mass is 19.1. The van der Waals surface area contributed by atoms with Crippen LogP contribution in [-0.4, -0.2) is 70.3 Å². The summed E-state index contributed by atoms with van der Waals surface area (Å²) in [4.78, 5) is 65.9. The van der Waals surface area contributed by atoms with Gasteiger partial charge in [0, 0.05) is 22.8 Å². The number of esters is 1. The van der Waals surface area contributed by atoms with Crippen LogP contribution in [-0.2, 0) is 44.6 Å². The number of para-hydroxylation sites is 1. The maximum atomic E-state index is 17.6. The van der Waals surface area contributed by atoms with Gasteiger partial charge < -0.3 is 24.1 Å². The molecule has 4 unspecified atom stereocenters. The zero-order valence-electron chi connectivity index (χ0n) is 24.4. The Hall–Kier alpha value is -3.02. The first kappa shape index (κ1) is 28.7. The minimum Gasteiger partial charge on any atom is -0.453 e. The topological polar surface area (TPSA) is 142 Å². The highest BCUT2D eigenvalue weighted by Crippen LogP contribution is 2.71. The summed E-state index contributed by atoms with van der Waals surface area (Å²) in [7, 11) is 0. The molecule has 0 radical (unpaired) electrons. The summed E-state index contributed by atoms with van der Waals surface area (Å²) in [5, 5.41) is 11.7. The first-order chi connectivity index (χ1) is 20.2. The van der Waals surface area contributed by atoms with Crippen molar-refractivity contribution < 1.29 is 52.4 Å². The molecule has 5 fully saturated rings. The molecular formula is C32H35FO10. The summed E-state index contributed by atoms with van der Waals surface area (Å²) in [6.07, 6.45) is -2.98. The summed E-state index contributed by atoms with van der Waals surface area (Å²) in [5.74, 6) is -7.57. The Morgan fingerprint density at radius 1 is 0.953 bits per heavy atom. The fourth-order valence-electron chi connectivity index (χ4n) is 9.86. The number of cyclic esters (lactones) is 1. The molecule has 43 heavy (non-hydrogen) atoms. The zero-order chi connectivity index (χ0) is 30.7. The van der Waals surface area contributed by atoms with E-state index in [1.807, 2.05) is 6.07 Å². The van der Waals surface area contributed by atoms with Crippen molar-refractivity contribution in [3.8, 4) is 5.75 Å². The van der Waals surface area contributed by atoms with E-state index in [1.165, 1.54) is 6.92 Å². The number of aliphatic hydroxyl groups is 1. The summed E-state index contributed by atoms with van der Waals surface area (Å²) in [6.45, 7) is 4.09. The number of hydrogen-bond donors (Lipinski definition) is 1. The Bertz CT molecular complexity index is 1450. The Kier molecular flexibility index (Phi) is 6.02. The number of benzene rings is 1. The number of carbonyl (C=O) groups is 5. The Morgan fingerprint density at radius 2 is 1.70 bits per heavy atom. The molecule has 10 atom stereocenters. The minimum atomic E-state index is -2.48. The van der Waals surface area contributed by atoms with Crippen LogP contribution in [0.4, 0.5) is 4.39 Å². The van der Waals surface area contributed by atoms with E-state index in [4.69, 9.17) is 18.9 Å². The van der Waals surface area contributed by atoms with Crippen molar-refractivity contribution in [2.45, 2.75) is 95.2 Å². The largest absolute Gasteiger partial charge is 0.453 e. The molecule has 1 aromatic rings. The van der Waals surface area contributed by atoms with Crippen molar-refractivity contribution in [1.29, 1.82) is 0 Å². The third-order valence-corrected chi connectivity index (χ3v) is 11.9. The first-order valence-corrected chi connectivity index (χ1v) is 15.0. The number of Topliss-reactive ketones (excluding diaryl/α,β-unsaturated/α-hetero) is 4. The number of ketones is 4. The number of ether oxygens (including phenoxy) is 4. The van der Waals surface area contributed by atoms with E-state index in [-0.39, 0.29) is 32.1 Å². The number of hydrogen-bond acceptors (Lipinski definition) is 10. The Morgan fingerprint density at radius 3 is 2.44 bits per heavy atom. The van der Waals surface area contributed by atoms with E-state index in [2.05, 4.69) is 0 Å². The Labute approximate surface area is 247 Å².